The topological polar surface area (TPSA) is 77.0 Å². The van der Waals surface area contributed by atoms with Gasteiger partial charge in [-0.2, -0.15) is 0 Å². The second-order valence-electron chi connectivity index (χ2n) is 9.20. The molecule has 1 aromatic heterocycles. The monoisotopic (exact) mass is 400 g/mol. The molecular formula is C22H32N4O3. The van der Waals surface area contributed by atoms with Gasteiger partial charge in [0.25, 0.3) is 5.91 Å². The number of likely N-dealkylation sites (tertiary alicyclic amines) is 1. The lowest BCUT2D eigenvalue weighted by molar-refractivity contribution is -0.139. The Bertz CT molecular complexity index is 748. The van der Waals surface area contributed by atoms with E-state index < -0.39 is 5.60 Å². The highest BCUT2D eigenvalue weighted by molar-refractivity contribution is 5.95. The van der Waals surface area contributed by atoms with Gasteiger partial charge in [-0.05, 0) is 45.2 Å². The van der Waals surface area contributed by atoms with Crippen molar-refractivity contribution < 1.29 is 14.7 Å². The fourth-order valence-corrected chi connectivity index (χ4v) is 4.40. The highest BCUT2D eigenvalue weighted by Crippen LogP contribution is 2.27. The molecule has 2 aliphatic heterocycles. The predicted molar refractivity (Wildman–Crippen MR) is 109 cm³/mol. The largest absolute Gasteiger partial charge is 0.384 e. The van der Waals surface area contributed by atoms with Gasteiger partial charge in [0.1, 0.15) is 5.60 Å². The van der Waals surface area contributed by atoms with Crippen LogP contribution < -0.4 is 0 Å². The summed E-state index contributed by atoms with van der Waals surface area (Å²) in [5, 5.41) is 9.99. The second kappa shape index (κ2) is 8.03. The highest BCUT2D eigenvalue weighted by atomic mass is 16.3. The Labute approximate surface area is 172 Å². The van der Waals surface area contributed by atoms with Gasteiger partial charge in [0.15, 0.2) is 0 Å². The smallest absolute Gasteiger partial charge is 0.255 e. The number of aliphatic hydroxyl groups is 1. The van der Waals surface area contributed by atoms with E-state index in [9.17, 15) is 14.7 Å². The second-order valence-corrected chi connectivity index (χ2v) is 9.20. The molecule has 4 rings (SSSR count). The normalized spacial score (nSPS) is 22.0. The molecule has 1 aliphatic carbocycles. The maximum absolute atomic E-state index is 12.9. The molecule has 0 radical (unpaired) electrons. The molecule has 2 saturated heterocycles. The molecular weight excluding hydrogens is 368 g/mol. The Kier molecular flexibility index (Phi) is 5.62. The Hall–Kier alpha value is -1.99. The van der Waals surface area contributed by atoms with Crippen LogP contribution in [0.2, 0.25) is 0 Å². The van der Waals surface area contributed by atoms with E-state index in [-0.39, 0.29) is 17.7 Å². The first-order valence-corrected chi connectivity index (χ1v) is 10.8. The molecule has 3 fully saturated rings. The van der Waals surface area contributed by atoms with Crippen LogP contribution in [-0.4, -0.2) is 81.9 Å². The zero-order chi connectivity index (χ0) is 20.6. The lowest BCUT2D eigenvalue weighted by atomic mass is 9.91. The van der Waals surface area contributed by atoms with Crippen LogP contribution >= 0.6 is 0 Å². The molecule has 2 amide bonds. The van der Waals surface area contributed by atoms with Crippen LogP contribution in [0.3, 0.4) is 0 Å². The quantitative estimate of drug-likeness (QED) is 0.828. The summed E-state index contributed by atoms with van der Waals surface area (Å²) in [5.41, 5.74) is -0.00495. The summed E-state index contributed by atoms with van der Waals surface area (Å²) in [7, 11) is 0. The van der Waals surface area contributed by atoms with Crippen molar-refractivity contribution in [3.05, 3.63) is 29.6 Å². The molecule has 0 spiro atoms. The van der Waals surface area contributed by atoms with Crippen molar-refractivity contribution in [2.75, 3.05) is 39.3 Å². The molecule has 3 aliphatic rings. The van der Waals surface area contributed by atoms with Crippen molar-refractivity contribution in [3.8, 4) is 0 Å². The number of hydrogen-bond donors (Lipinski definition) is 1. The number of hydrogen-bond acceptors (Lipinski definition) is 5. The Balaban J connectivity index is 1.27. The molecule has 7 nitrogen and oxygen atoms in total. The zero-order valence-electron chi connectivity index (χ0n) is 17.5. The van der Waals surface area contributed by atoms with Gasteiger partial charge in [-0.1, -0.05) is 6.42 Å². The van der Waals surface area contributed by atoms with Gasteiger partial charge in [-0.25, -0.2) is 0 Å². The van der Waals surface area contributed by atoms with E-state index in [0.29, 0.717) is 24.3 Å². The summed E-state index contributed by atoms with van der Waals surface area (Å²) < 4.78 is 0. The number of nitrogens with zero attached hydrogens (tertiary/aromatic N) is 4. The molecule has 1 aromatic rings. The van der Waals surface area contributed by atoms with E-state index in [0.717, 1.165) is 38.6 Å². The molecule has 7 heteroatoms. The van der Waals surface area contributed by atoms with Gasteiger partial charge < -0.3 is 14.9 Å². The minimum Gasteiger partial charge on any atom is -0.384 e. The number of carbonyl (C=O) groups excluding carboxylic acids is 2. The van der Waals surface area contributed by atoms with E-state index in [2.05, 4.69) is 9.88 Å². The van der Waals surface area contributed by atoms with Gasteiger partial charge in [0.2, 0.25) is 5.91 Å². The van der Waals surface area contributed by atoms with Crippen molar-refractivity contribution in [3.63, 3.8) is 0 Å². The Morgan fingerprint density at radius 3 is 2.38 bits per heavy atom. The van der Waals surface area contributed by atoms with E-state index in [1.807, 2.05) is 4.90 Å². The first-order valence-electron chi connectivity index (χ1n) is 10.8. The van der Waals surface area contributed by atoms with Crippen LogP contribution in [-0.2, 0) is 10.4 Å². The van der Waals surface area contributed by atoms with Crippen molar-refractivity contribution in [1.29, 1.82) is 0 Å². The fourth-order valence-electron chi connectivity index (χ4n) is 4.40. The van der Waals surface area contributed by atoms with Crippen molar-refractivity contribution in [2.45, 2.75) is 51.2 Å². The summed E-state index contributed by atoms with van der Waals surface area (Å²) in [6.07, 6.45) is 6.50. The first-order chi connectivity index (χ1) is 13.8. The molecule has 29 heavy (non-hydrogen) atoms. The van der Waals surface area contributed by atoms with Crippen LogP contribution in [0, 0.1) is 5.92 Å². The number of rotatable bonds is 4. The molecule has 158 valence electrons. The summed E-state index contributed by atoms with van der Waals surface area (Å²) >= 11 is 0. The van der Waals surface area contributed by atoms with Crippen LogP contribution in [0.15, 0.2) is 18.3 Å². The lowest BCUT2D eigenvalue weighted by Crippen LogP contribution is -2.56. The minimum absolute atomic E-state index is 0.0854. The van der Waals surface area contributed by atoms with E-state index in [4.69, 9.17) is 0 Å². The third kappa shape index (κ3) is 4.31. The number of pyridine rings is 1. The van der Waals surface area contributed by atoms with Gasteiger partial charge in [0, 0.05) is 51.5 Å². The third-order valence-corrected chi connectivity index (χ3v) is 6.59. The van der Waals surface area contributed by atoms with E-state index in [1.54, 1.807) is 30.9 Å². The van der Waals surface area contributed by atoms with Crippen LogP contribution in [0.25, 0.3) is 0 Å². The summed E-state index contributed by atoms with van der Waals surface area (Å²) in [5.74, 6) is 0.00805. The summed E-state index contributed by atoms with van der Waals surface area (Å²) in [6, 6.07) is 4.11. The molecule has 3 heterocycles. The van der Waals surface area contributed by atoms with Crippen LogP contribution in [0.5, 0.6) is 0 Å². The molecule has 0 aromatic carbocycles. The maximum Gasteiger partial charge on any atom is 0.255 e. The first kappa shape index (κ1) is 20.3. The summed E-state index contributed by atoms with van der Waals surface area (Å²) in [6.45, 7) is 7.99. The summed E-state index contributed by atoms with van der Waals surface area (Å²) in [4.78, 5) is 36.0. The molecule has 0 atom stereocenters. The third-order valence-electron chi connectivity index (χ3n) is 6.59. The molecule has 0 bridgehead atoms. The van der Waals surface area contributed by atoms with Gasteiger partial charge in [0.05, 0.1) is 17.2 Å². The number of carbonyl (C=O) groups is 2. The number of amides is 2. The predicted octanol–water partition coefficient (Wildman–Crippen LogP) is 1.47. The average Bonchev–Trinajstić information content (AvgIpc) is 2.84. The van der Waals surface area contributed by atoms with Gasteiger partial charge in [-0.15, -0.1) is 0 Å². The Morgan fingerprint density at radius 2 is 1.79 bits per heavy atom. The van der Waals surface area contributed by atoms with E-state index >= 15 is 0 Å². The number of aromatic nitrogens is 1. The van der Waals surface area contributed by atoms with Crippen molar-refractivity contribution in [2.24, 2.45) is 5.92 Å². The van der Waals surface area contributed by atoms with Crippen molar-refractivity contribution >= 4 is 11.8 Å². The van der Waals surface area contributed by atoms with Gasteiger partial charge in [-0.3, -0.25) is 19.5 Å². The molecule has 1 N–H and O–H groups in total. The SMILES string of the molecule is CC(C)(O)c1ccc(C(=O)N2CC(C(=O)N3CCCN(C4CCC4)CC3)C2)cn1. The lowest BCUT2D eigenvalue weighted by Gasteiger charge is -2.40. The van der Waals surface area contributed by atoms with Crippen molar-refractivity contribution in [1.82, 2.24) is 19.7 Å². The average molecular weight is 401 g/mol. The minimum atomic E-state index is -1.03. The standard InChI is InChI=1S/C22H32N4O3/c1-22(2,29)19-8-7-16(13-23-19)20(27)26-14-17(15-26)21(28)25-10-4-9-24(11-12-25)18-5-3-6-18/h7-8,13,17-18,29H,3-6,9-12,14-15H2,1-2H3. The molecule has 1 saturated carbocycles. The maximum atomic E-state index is 12.9. The van der Waals surface area contributed by atoms with E-state index in [1.165, 1.54) is 25.5 Å². The van der Waals surface area contributed by atoms with Crippen LogP contribution in [0.4, 0.5) is 0 Å². The fraction of sp³-hybridized carbons (Fsp3) is 0.682. The molecule has 0 unspecified atom stereocenters. The Morgan fingerprint density at radius 1 is 1.03 bits per heavy atom. The zero-order valence-corrected chi connectivity index (χ0v) is 17.5. The highest BCUT2D eigenvalue weighted by Gasteiger charge is 2.39. The van der Waals surface area contributed by atoms with Gasteiger partial charge >= 0.3 is 0 Å². The van der Waals surface area contributed by atoms with Crippen LogP contribution in [0.1, 0.15) is 55.6 Å².